The zero-order chi connectivity index (χ0) is 13.0. The first-order valence-corrected chi connectivity index (χ1v) is 6.17. The van der Waals surface area contributed by atoms with Crippen LogP contribution in [0.4, 0.5) is 5.95 Å². The summed E-state index contributed by atoms with van der Waals surface area (Å²) in [4.78, 5) is 11.1. The Morgan fingerprint density at radius 3 is 2.47 bits per heavy atom. The summed E-state index contributed by atoms with van der Waals surface area (Å²) in [5.41, 5.74) is 2.20. The Morgan fingerprint density at radius 1 is 1.35 bits per heavy atom. The van der Waals surface area contributed by atoms with Crippen molar-refractivity contribution < 1.29 is 0 Å². The van der Waals surface area contributed by atoms with E-state index in [-0.39, 0.29) is 0 Å². The maximum absolute atomic E-state index is 4.57. The SMILES string of the molecule is CNCc1cnc(N(C)C(C)C(C)C)nc1C. The van der Waals surface area contributed by atoms with Crippen LogP contribution in [0.15, 0.2) is 6.20 Å². The van der Waals surface area contributed by atoms with Gasteiger partial charge in [0.1, 0.15) is 0 Å². The Balaban J connectivity index is 2.89. The Hall–Kier alpha value is -1.16. The number of rotatable bonds is 5. The summed E-state index contributed by atoms with van der Waals surface area (Å²) in [6.45, 7) is 9.47. The van der Waals surface area contributed by atoms with E-state index >= 15 is 0 Å². The lowest BCUT2D eigenvalue weighted by Gasteiger charge is -2.28. The second kappa shape index (κ2) is 5.96. The number of nitrogens with one attached hydrogen (secondary N) is 1. The molecular weight excluding hydrogens is 212 g/mol. The monoisotopic (exact) mass is 236 g/mol. The predicted molar refractivity (Wildman–Crippen MR) is 72.2 cm³/mol. The lowest BCUT2D eigenvalue weighted by atomic mass is 10.1. The van der Waals surface area contributed by atoms with Crippen LogP contribution in [0.3, 0.4) is 0 Å². The second-order valence-corrected chi connectivity index (χ2v) is 4.91. The van der Waals surface area contributed by atoms with E-state index in [1.165, 1.54) is 0 Å². The lowest BCUT2D eigenvalue weighted by Crippen LogP contribution is -2.34. The molecule has 1 N–H and O–H groups in total. The van der Waals surface area contributed by atoms with Crippen LogP contribution in [0, 0.1) is 12.8 Å². The summed E-state index contributed by atoms with van der Waals surface area (Å²) >= 11 is 0. The normalized spacial score (nSPS) is 12.9. The van der Waals surface area contributed by atoms with Gasteiger partial charge in [0.2, 0.25) is 5.95 Å². The maximum Gasteiger partial charge on any atom is 0.225 e. The number of hydrogen-bond donors (Lipinski definition) is 1. The van der Waals surface area contributed by atoms with E-state index in [1.807, 2.05) is 20.2 Å². The highest BCUT2D eigenvalue weighted by atomic mass is 15.2. The highest BCUT2D eigenvalue weighted by Crippen LogP contribution is 2.16. The molecule has 17 heavy (non-hydrogen) atoms. The molecule has 0 amide bonds. The zero-order valence-electron chi connectivity index (χ0n) is 11.8. The van der Waals surface area contributed by atoms with Gasteiger partial charge in [-0.25, -0.2) is 9.97 Å². The third kappa shape index (κ3) is 3.40. The van der Waals surface area contributed by atoms with E-state index in [0.29, 0.717) is 12.0 Å². The van der Waals surface area contributed by atoms with Gasteiger partial charge in [0.05, 0.1) is 0 Å². The smallest absolute Gasteiger partial charge is 0.225 e. The molecule has 0 fully saturated rings. The van der Waals surface area contributed by atoms with Crippen molar-refractivity contribution in [3.8, 4) is 0 Å². The molecule has 1 rings (SSSR count). The fourth-order valence-electron chi connectivity index (χ4n) is 1.64. The third-order valence-corrected chi connectivity index (χ3v) is 3.33. The molecule has 1 heterocycles. The molecule has 0 aliphatic carbocycles. The minimum Gasteiger partial charge on any atom is -0.341 e. The second-order valence-electron chi connectivity index (χ2n) is 4.91. The van der Waals surface area contributed by atoms with Crippen LogP contribution in [-0.2, 0) is 6.54 Å². The molecule has 1 aromatic heterocycles. The molecule has 0 aromatic carbocycles. The number of hydrogen-bond acceptors (Lipinski definition) is 4. The summed E-state index contributed by atoms with van der Waals surface area (Å²) in [7, 11) is 3.98. The Labute approximate surface area is 104 Å². The molecular formula is C13H24N4. The summed E-state index contributed by atoms with van der Waals surface area (Å²) < 4.78 is 0. The van der Waals surface area contributed by atoms with Gasteiger partial charge < -0.3 is 10.2 Å². The molecule has 1 unspecified atom stereocenters. The molecule has 1 atom stereocenters. The fourth-order valence-corrected chi connectivity index (χ4v) is 1.64. The minimum absolute atomic E-state index is 0.435. The van der Waals surface area contributed by atoms with Crippen molar-refractivity contribution >= 4 is 5.95 Å². The van der Waals surface area contributed by atoms with Gasteiger partial charge in [-0.05, 0) is 26.8 Å². The number of nitrogens with zero attached hydrogens (tertiary/aromatic N) is 3. The predicted octanol–water partition coefficient (Wildman–Crippen LogP) is 1.99. The molecule has 0 bridgehead atoms. The molecule has 0 saturated carbocycles. The van der Waals surface area contributed by atoms with Crippen molar-refractivity contribution in [3.63, 3.8) is 0 Å². The number of aromatic nitrogens is 2. The third-order valence-electron chi connectivity index (χ3n) is 3.33. The van der Waals surface area contributed by atoms with Crippen molar-refractivity contribution in [2.24, 2.45) is 5.92 Å². The summed E-state index contributed by atoms with van der Waals surface area (Å²) in [5.74, 6) is 1.39. The van der Waals surface area contributed by atoms with Crippen LogP contribution in [0.1, 0.15) is 32.0 Å². The fraction of sp³-hybridized carbons (Fsp3) is 0.692. The van der Waals surface area contributed by atoms with Gasteiger partial charge >= 0.3 is 0 Å². The largest absolute Gasteiger partial charge is 0.341 e. The van der Waals surface area contributed by atoms with Crippen molar-refractivity contribution in [2.75, 3.05) is 19.0 Å². The molecule has 96 valence electrons. The van der Waals surface area contributed by atoms with Crippen molar-refractivity contribution in [3.05, 3.63) is 17.5 Å². The zero-order valence-corrected chi connectivity index (χ0v) is 11.8. The summed E-state index contributed by atoms with van der Waals surface area (Å²) in [6.07, 6.45) is 1.91. The Morgan fingerprint density at radius 2 is 2.00 bits per heavy atom. The van der Waals surface area contributed by atoms with E-state index in [1.54, 1.807) is 0 Å². The van der Waals surface area contributed by atoms with Crippen LogP contribution < -0.4 is 10.2 Å². The highest BCUT2D eigenvalue weighted by molar-refractivity contribution is 5.33. The van der Waals surface area contributed by atoms with Gasteiger partial charge in [0, 0.05) is 37.1 Å². The maximum atomic E-state index is 4.57. The Kier molecular flexibility index (Phi) is 4.87. The van der Waals surface area contributed by atoms with E-state index < -0.39 is 0 Å². The van der Waals surface area contributed by atoms with Crippen LogP contribution in [0.2, 0.25) is 0 Å². The first kappa shape index (κ1) is 13.9. The van der Waals surface area contributed by atoms with Crippen molar-refractivity contribution in [1.82, 2.24) is 15.3 Å². The average molecular weight is 236 g/mol. The van der Waals surface area contributed by atoms with Crippen LogP contribution in [0.5, 0.6) is 0 Å². The molecule has 0 radical (unpaired) electrons. The number of aryl methyl sites for hydroxylation is 1. The molecule has 0 saturated heterocycles. The van der Waals surface area contributed by atoms with E-state index in [9.17, 15) is 0 Å². The summed E-state index contributed by atoms with van der Waals surface area (Å²) in [6, 6.07) is 0.435. The van der Waals surface area contributed by atoms with Crippen LogP contribution in [-0.4, -0.2) is 30.1 Å². The van der Waals surface area contributed by atoms with Crippen LogP contribution >= 0.6 is 0 Å². The highest BCUT2D eigenvalue weighted by Gasteiger charge is 2.16. The molecule has 4 heteroatoms. The molecule has 0 spiro atoms. The molecule has 1 aromatic rings. The van der Waals surface area contributed by atoms with Gasteiger partial charge in [-0.1, -0.05) is 13.8 Å². The van der Waals surface area contributed by atoms with E-state index in [4.69, 9.17) is 0 Å². The summed E-state index contributed by atoms with van der Waals surface area (Å²) in [5, 5.41) is 3.12. The average Bonchev–Trinajstić information content (AvgIpc) is 2.30. The van der Waals surface area contributed by atoms with Gasteiger partial charge in [-0.3, -0.25) is 0 Å². The molecule has 0 aliphatic heterocycles. The first-order valence-electron chi connectivity index (χ1n) is 6.17. The Bertz CT molecular complexity index is 362. The van der Waals surface area contributed by atoms with Crippen molar-refractivity contribution in [2.45, 2.75) is 40.3 Å². The standard InChI is InChI=1S/C13H24N4/c1-9(2)11(4)17(6)13-15-8-12(7-14-5)10(3)16-13/h8-9,11,14H,7H2,1-6H3. The minimum atomic E-state index is 0.435. The lowest BCUT2D eigenvalue weighted by molar-refractivity contribution is 0.499. The van der Waals surface area contributed by atoms with Gasteiger partial charge in [0.25, 0.3) is 0 Å². The van der Waals surface area contributed by atoms with E-state index in [0.717, 1.165) is 23.8 Å². The van der Waals surface area contributed by atoms with Gasteiger partial charge in [0.15, 0.2) is 0 Å². The van der Waals surface area contributed by atoms with Crippen molar-refractivity contribution in [1.29, 1.82) is 0 Å². The van der Waals surface area contributed by atoms with Gasteiger partial charge in [-0.2, -0.15) is 0 Å². The van der Waals surface area contributed by atoms with Gasteiger partial charge in [-0.15, -0.1) is 0 Å². The van der Waals surface area contributed by atoms with E-state index in [2.05, 4.69) is 48.0 Å². The topological polar surface area (TPSA) is 41.1 Å². The molecule has 0 aliphatic rings. The molecule has 4 nitrogen and oxygen atoms in total. The van der Waals surface area contributed by atoms with Crippen LogP contribution in [0.25, 0.3) is 0 Å². The number of anilines is 1. The quantitative estimate of drug-likeness (QED) is 0.849. The first-order chi connectivity index (χ1) is 7.97.